The second-order valence-corrected chi connectivity index (χ2v) is 2.94. The molecule has 0 aliphatic carbocycles. The van der Waals surface area contributed by atoms with Gasteiger partial charge in [0.25, 0.3) is 0 Å². The van der Waals surface area contributed by atoms with Crippen LogP contribution in [0, 0.1) is 0 Å². The first kappa shape index (κ1) is 10.4. The van der Waals surface area contributed by atoms with E-state index >= 15 is 0 Å². The van der Waals surface area contributed by atoms with Gasteiger partial charge in [0.2, 0.25) is 5.82 Å². The maximum atomic E-state index is 11.9. The number of ether oxygens (including phenoxy) is 1. The first-order valence-corrected chi connectivity index (χ1v) is 4.70. The summed E-state index contributed by atoms with van der Waals surface area (Å²) in [6.45, 7) is -0.481. The molecule has 0 amide bonds. The van der Waals surface area contributed by atoms with E-state index in [4.69, 9.17) is 4.74 Å². The molecular formula is C10H9FN4O. The molecule has 2 rings (SSSR count). The Balaban J connectivity index is 2.22. The summed E-state index contributed by atoms with van der Waals surface area (Å²) >= 11 is 0. The molecule has 0 aliphatic rings. The van der Waals surface area contributed by atoms with Crippen molar-refractivity contribution in [2.24, 2.45) is 0 Å². The number of rotatable bonds is 4. The van der Waals surface area contributed by atoms with Gasteiger partial charge in [-0.3, -0.25) is 0 Å². The van der Waals surface area contributed by atoms with Gasteiger partial charge in [-0.1, -0.05) is 12.1 Å². The third kappa shape index (κ3) is 2.47. The van der Waals surface area contributed by atoms with Crippen molar-refractivity contribution in [3.05, 3.63) is 30.6 Å². The van der Waals surface area contributed by atoms with E-state index in [2.05, 4.69) is 20.4 Å². The molecule has 1 aromatic heterocycles. The van der Waals surface area contributed by atoms with Gasteiger partial charge in [0.15, 0.2) is 6.33 Å². The van der Waals surface area contributed by atoms with E-state index < -0.39 is 6.67 Å². The van der Waals surface area contributed by atoms with Crippen molar-refractivity contribution in [1.29, 1.82) is 0 Å². The Kier molecular flexibility index (Phi) is 3.32. The standard InChI is InChI=1S/C10H9FN4O/c11-4-5-16-9-3-1-2-8(6-9)10-14-12-7-13-15-10/h1-3,6-7H,4-5H2/i11-1. The highest BCUT2D eigenvalue weighted by Crippen LogP contribution is 2.19. The molecule has 0 N–H and O–H groups in total. The van der Waals surface area contributed by atoms with Gasteiger partial charge < -0.3 is 4.74 Å². The number of hydrogen-bond acceptors (Lipinski definition) is 5. The number of halogens is 1. The molecule has 1 heterocycles. The Morgan fingerprint density at radius 1 is 1.19 bits per heavy atom. The zero-order chi connectivity index (χ0) is 11.2. The van der Waals surface area contributed by atoms with Gasteiger partial charge in [0.05, 0.1) is 0 Å². The molecular weight excluding hydrogens is 210 g/mol. The molecule has 0 atom stereocenters. The molecule has 0 fully saturated rings. The van der Waals surface area contributed by atoms with Gasteiger partial charge in [-0.15, -0.1) is 20.4 Å². The van der Waals surface area contributed by atoms with E-state index in [9.17, 15) is 4.39 Å². The fraction of sp³-hybridized carbons (Fsp3) is 0.200. The zero-order valence-electron chi connectivity index (χ0n) is 8.38. The van der Waals surface area contributed by atoms with Crippen LogP contribution in [0.4, 0.5) is 4.39 Å². The maximum absolute atomic E-state index is 11.9. The summed E-state index contributed by atoms with van der Waals surface area (Å²) in [5.41, 5.74) is 0.733. The lowest BCUT2D eigenvalue weighted by Crippen LogP contribution is -1.99. The average molecular weight is 219 g/mol. The van der Waals surface area contributed by atoms with Crippen molar-refractivity contribution >= 4 is 0 Å². The molecule has 0 saturated heterocycles. The quantitative estimate of drug-likeness (QED) is 0.775. The van der Waals surface area contributed by atoms with E-state index in [0.29, 0.717) is 11.6 Å². The molecule has 6 heteroatoms. The Hall–Kier alpha value is -2.11. The van der Waals surface area contributed by atoms with E-state index in [-0.39, 0.29) is 6.61 Å². The monoisotopic (exact) mass is 219 g/mol. The van der Waals surface area contributed by atoms with Crippen molar-refractivity contribution in [1.82, 2.24) is 20.4 Å². The molecule has 16 heavy (non-hydrogen) atoms. The van der Waals surface area contributed by atoms with Gasteiger partial charge in [-0.25, -0.2) is 4.39 Å². The molecule has 0 aliphatic heterocycles. The Labute approximate surface area is 91.3 Å². The predicted molar refractivity (Wildman–Crippen MR) is 54.5 cm³/mol. The van der Waals surface area contributed by atoms with E-state index in [1.807, 2.05) is 0 Å². The third-order valence-corrected chi connectivity index (χ3v) is 1.85. The summed E-state index contributed by atoms with van der Waals surface area (Å²) < 4.78 is 17.1. The highest BCUT2D eigenvalue weighted by atomic mass is 18.2. The number of alkyl halides is 1. The molecule has 0 unspecified atom stereocenters. The van der Waals surface area contributed by atoms with Crippen LogP contribution in [0.15, 0.2) is 30.6 Å². The van der Waals surface area contributed by atoms with E-state index in [1.54, 1.807) is 24.3 Å². The summed E-state index contributed by atoms with van der Waals surface area (Å²) in [5.74, 6) is 0.982. The Morgan fingerprint density at radius 2 is 2.00 bits per heavy atom. The normalized spacial score (nSPS) is 10.1. The summed E-state index contributed by atoms with van der Waals surface area (Å²) in [6.07, 6.45) is 1.26. The maximum Gasteiger partial charge on any atom is 0.203 e. The highest BCUT2D eigenvalue weighted by molar-refractivity contribution is 5.56. The largest absolute Gasteiger partial charge is 0.491 e. The molecule has 0 saturated carbocycles. The highest BCUT2D eigenvalue weighted by Gasteiger charge is 2.03. The molecule has 1 aromatic carbocycles. The first-order chi connectivity index (χ1) is 7.90. The third-order valence-electron chi connectivity index (χ3n) is 1.85. The van der Waals surface area contributed by atoms with E-state index in [1.165, 1.54) is 6.33 Å². The number of hydrogen-bond donors (Lipinski definition) is 0. The lowest BCUT2D eigenvalue weighted by molar-refractivity contribution is 0.273. The number of aromatic nitrogens is 4. The lowest BCUT2D eigenvalue weighted by Gasteiger charge is -2.04. The first-order valence-electron chi connectivity index (χ1n) is 4.70. The van der Waals surface area contributed by atoms with Crippen LogP contribution in [0.5, 0.6) is 5.75 Å². The van der Waals surface area contributed by atoms with Crippen molar-refractivity contribution in [2.75, 3.05) is 13.3 Å². The minimum atomic E-state index is -0.519. The minimum Gasteiger partial charge on any atom is -0.491 e. The molecule has 0 bridgehead atoms. The van der Waals surface area contributed by atoms with Crippen LogP contribution in [0.1, 0.15) is 0 Å². The van der Waals surface area contributed by atoms with Crippen LogP contribution in [-0.2, 0) is 0 Å². The summed E-state index contributed by atoms with van der Waals surface area (Å²) in [4.78, 5) is 0. The Morgan fingerprint density at radius 3 is 2.75 bits per heavy atom. The fourth-order valence-electron chi connectivity index (χ4n) is 1.20. The van der Waals surface area contributed by atoms with Crippen LogP contribution >= 0.6 is 0 Å². The van der Waals surface area contributed by atoms with Crippen LogP contribution < -0.4 is 4.74 Å². The lowest BCUT2D eigenvalue weighted by atomic mass is 10.2. The summed E-state index contributed by atoms with van der Waals surface area (Å²) in [7, 11) is 0. The second kappa shape index (κ2) is 5.11. The van der Waals surface area contributed by atoms with Gasteiger partial charge >= 0.3 is 0 Å². The minimum absolute atomic E-state index is 0.0373. The van der Waals surface area contributed by atoms with Gasteiger partial charge in [-0.2, -0.15) is 0 Å². The topological polar surface area (TPSA) is 60.8 Å². The predicted octanol–water partition coefficient (Wildman–Crippen LogP) is 1.28. The fourth-order valence-corrected chi connectivity index (χ4v) is 1.20. The van der Waals surface area contributed by atoms with Crippen LogP contribution in [0.25, 0.3) is 11.4 Å². The molecule has 82 valence electrons. The Bertz CT molecular complexity index is 452. The van der Waals surface area contributed by atoms with Crippen molar-refractivity contribution in [3.8, 4) is 17.1 Å². The van der Waals surface area contributed by atoms with Crippen molar-refractivity contribution in [2.45, 2.75) is 0 Å². The second-order valence-electron chi connectivity index (χ2n) is 2.94. The van der Waals surface area contributed by atoms with Crippen LogP contribution in [0.3, 0.4) is 0 Å². The number of nitrogens with zero attached hydrogens (tertiary/aromatic N) is 4. The molecule has 0 spiro atoms. The number of benzene rings is 1. The van der Waals surface area contributed by atoms with Crippen LogP contribution in [-0.4, -0.2) is 33.7 Å². The zero-order valence-corrected chi connectivity index (χ0v) is 8.38. The van der Waals surface area contributed by atoms with Gasteiger partial charge in [-0.05, 0) is 12.1 Å². The van der Waals surface area contributed by atoms with Crippen molar-refractivity contribution < 1.29 is 9.13 Å². The molecule has 2 aromatic rings. The van der Waals surface area contributed by atoms with E-state index in [0.717, 1.165) is 5.56 Å². The smallest absolute Gasteiger partial charge is 0.203 e. The SMILES string of the molecule is [18F]CCOc1cccc(-c2nncnn2)c1. The van der Waals surface area contributed by atoms with Gasteiger partial charge in [0.1, 0.15) is 19.0 Å². The van der Waals surface area contributed by atoms with Crippen molar-refractivity contribution in [3.63, 3.8) is 0 Å². The molecule has 5 nitrogen and oxygen atoms in total. The summed E-state index contributed by atoms with van der Waals surface area (Å²) in [5, 5.41) is 14.9. The summed E-state index contributed by atoms with van der Waals surface area (Å²) in [6, 6.07) is 7.04. The molecule has 0 radical (unpaired) electrons. The van der Waals surface area contributed by atoms with Crippen LogP contribution in [0.2, 0.25) is 0 Å². The van der Waals surface area contributed by atoms with Gasteiger partial charge in [0, 0.05) is 5.56 Å². The average Bonchev–Trinajstić information content (AvgIpc) is 2.38.